The molecule has 40 heavy (non-hydrogen) atoms. The maximum Gasteiger partial charge on any atom is 0.247 e. The van der Waals surface area contributed by atoms with Gasteiger partial charge in [0.1, 0.15) is 5.75 Å². The fourth-order valence-electron chi connectivity index (χ4n) is 4.27. The van der Waals surface area contributed by atoms with Gasteiger partial charge in [-0.2, -0.15) is 4.98 Å². The van der Waals surface area contributed by atoms with Crippen molar-refractivity contribution in [3.63, 3.8) is 0 Å². The standard InChI is InChI=1S/C29H37N9O2/c1-9-27(39)31-21-17-22(25(40-8)18-24(21)37(7)15-14-35(3)4)32-29-30-13-12-26(33-29)38-23-16-19(2)10-11-20(23)28(34-38)36(5)6/h9-13,16-18H,1,14-15H2,2-8H3,(H,31,39)(H,30,32,33). The minimum atomic E-state index is -0.311. The van der Waals surface area contributed by atoms with E-state index in [2.05, 4.69) is 57.1 Å². The van der Waals surface area contributed by atoms with Gasteiger partial charge < -0.3 is 30.1 Å². The normalized spacial score (nSPS) is 11.0. The van der Waals surface area contributed by atoms with Crippen LogP contribution in [0.4, 0.5) is 28.8 Å². The van der Waals surface area contributed by atoms with E-state index in [1.54, 1.807) is 13.3 Å². The molecule has 2 aromatic heterocycles. The molecule has 0 unspecified atom stereocenters. The van der Waals surface area contributed by atoms with Crippen molar-refractivity contribution in [3.8, 4) is 11.6 Å². The summed E-state index contributed by atoms with van der Waals surface area (Å²) in [5, 5.41) is 12.0. The van der Waals surface area contributed by atoms with E-state index in [0.29, 0.717) is 28.9 Å². The van der Waals surface area contributed by atoms with Crippen molar-refractivity contribution >= 4 is 45.6 Å². The molecule has 11 nitrogen and oxygen atoms in total. The molecule has 2 heterocycles. The molecule has 0 radical (unpaired) electrons. The van der Waals surface area contributed by atoms with E-state index in [1.165, 1.54) is 6.08 Å². The van der Waals surface area contributed by atoms with Gasteiger partial charge in [0.15, 0.2) is 11.6 Å². The first-order valence-corrected chi connectivity index (χ1v) is 12.9. The Kier molecular flexibility index (Phi) is 8.54. The Bertz CT molecular complexity index is 1530. The molecule has 0 aliphatic rings. The molecule has 0 aliphatic heterocycles. The van der Waals surface area contributed by atoms with Gasteiger partial charge in [-0.15, -0.1) is 5.10 Å². The number of nitrogens with one attached hydrogen (secondary N) is 2. The fraction of sp³-hybridized carbons (Fsp3) is 0.310. The predicted molar refractivity (Wildman–Crippen MR) is 163 cm³/mol. The van der Waals surface area contributed by atoms with Crippen LogP contribution in [-0.4, -0.2) is 86.0 Å². The summed E-state index contributed by atoms with van der Waals surface area (Å²) in [7, 11) is 11.5. The fourth-order valence-corrected chi connectivity index (χ4v) is 4.27. The number of hydrogen-bond acceptors (Lipinski definition) is 9. The topological polar surface area (TPSA) is 104 Å². The summed E-state index contributed by atoms with van der Waals surface area (Å²) in [5.41, 5.74) is 4.09. The van der Waals surface area contributed by atoms with Crippen molar-refractivity contribution in [2.75, 3.05) is 75.9 Å². The molecular formula is C29H37N9O2. The summed E-state index contributed by atoms with van der Waals surface area (Å²) in [6.45, 7) is 7.23. The summed E-state index contributed by atoms with van der Waals surface area (Å²) in [6, 6.07) is 11.8. The zero-order chi connectivity index (χ0) is 29.0. The summed E-state index contributed by atoms with van der Waals surface area (Å²) in [4.78, 5) is 27.6. The zero-order valence-electron chi connectivity index (χ0n) is 24.2. The quantitative estimate of drug-likeness (QED) is 0.271. The van der Waals surface area contributed by atoms with Crippen molar-refractivity contribution in [2.24, 2.45) is 0 Å². The van der Waals surface area contributed by atoms with Crippen LogP contribution in [0.2, 0.25) is 0 Å². The molecule has 0 fully saturated rings. The monoisotopic (exact) mass is 543 g/mol. The molecule has 1 amide bonds. The largest absolute Gasteiger partial charge is 0.494 e. The molecule has 210 valence electrons. The smallest absolute Gasteiger partial charge is 0.247 e. The number of aromatic nitrogens is 4. The Morgan fingerprint density at radius 1 is 1.07 bits per heavy atom. The molecule has 0 spiro atoms. The van der Waals surface area contributed by atoms with Crippen LogP contribution in [0.3, 0.4) is 0 Å². The Labute approximate surface area is 235 Å². The van der Waals surface area contributed by atoms with E-state index in [1.807, 2.05) is 63.0 Å². The molecule has 4 rings (SSSR count). The minimum absolute atomic E-state index is 0.311. The average Bonchev–Trinajstić information content (AvgIpc) is 3.31. The number of hydrogen-bond donors (Lipinski definition) is 2. The maximum absolute atomic E-state index is 12.3. The molecule has 4 aromatic rings. The lowest BCUT2D eigenvalue weighted by Crippen LogP contribution is -2.29. The number of rotatable bonds is 11. The van der Waals surface area contributed by atoms with Crippen LogP contribution in [0.1, 0.15) is 5.56 Å². The molecule has 0 saturated heterocycles. The van der Waals surface area contributed by atoms with Gasteiger partial charge in [-0.1, -0.05) is 12.6 Å². The highest BCUT2D eigenvalue weighted by Crippen LogP contribution is 2.38. The molecule has 0 bridgehead atoms. The Hall–Kier alpha value is -4.64. The number of aryl methyl sites for hydroxylation is 1. The molecule has 0 atom stereocenters. The highest BCUT2D eigenvalue weighted by atomic mass is 16.5. The Morgan fingerprint density at radius 2 is 1.85 bits per heavy atom. The highest BCUT2D eigenvalue weighted by Gasteiger charge is 2.18. The number of carbonyl (C=O) groups is 1. The lowest BCUT2D eigenvalue weighted by atomic mass is 10.2. The molecular weight excluding hydrogens is 506 g/mol. The number of ether oxygens (including phenoxy) is 1. The second-order valence-electron chi connectivity index (χ2n) is 10.0. The van der Waals surface area contributed by atoms with Crippen molar-refractivity contribution in [2.45, 2.75) is 6.92 Å². The van der Waals surface area contributed by atoms with Gasteiger partial charge in [-0.05, 0) is 50.9 Å². The van der Waals surface area contributed by atoms with Crippen molar-refractivity contribution in [3.05, 3.63) is 60.8 Å². The number of methoxy groups -OCH3 is 1. The number of carbonyl (C=O) groups excluding carboxylic acids is 1. The van der Waals surface area contributed by atoms with E-state index >= 15 is 0 Å². The molecule has 2 N–H and O–H groups in total. The predicted octanol–water partition coefficient (Wildman–Crippen LogP) is 4.06. The number of fused-ring (bicyclic) bond motifs is 1. The van der Waals surface area contributed by atoms with Crippen LogP contribution in [0.15, 0.2) is 55.3 Å². The van der Waals surface area contributed by atoms with Crippen molar-refractivity contribution < 1.29 is 9.53 Å². The van der Waals surface area contributed by atoms with Crippen LogP contribution >= 0.6 is 0 Å². The first kappa shape index (κ1) is 28.4. The molecule has 0 saturated carbocycles. The lowest BCUT2D eigenvalue weighted by Gasteiger charge is -2.26. The van der Waals surface area contributed by atoms with Gasteiger partial charge in [0.25, 0.3) is 0 Å². The number of benzene rings is 2. The number of amides is 1. The lowest BCUT2D eigenvalue weighted by molar-refractivity contribution is -0.111. The molecule has 0 aliphatic carbocycles. The number of nitrogens with zero attached hydrogens (tertiary/aromatic N) is 7. The van der Waals surface area contributed by atoms with E-state index in [9.17, 15) is 4.79 Å². The third-order valence-electron chi connectivity index (χ3n) is 6.40. The van der Waals surface area contributed by atoms with Crippen LogP contribution < -0.4 is 25.2 Å². The van der Waals surface area contributed by atoms with E-state index in [4.69, 9.17) is 14.8 Å². The average molecular weight is 544 g/mol. The number of anilines is 5. The van der Waals surface area contributed by atoms with Crippen LogP contribution in [0.25, 0.3) is 16.7 Å². The summed E-state index contributed by atoms with van der Waals surface area (Å²) >= 11 is 0. The first-order valence-electron chi connectivity index (χ1n) is 12.9. The van der Waals surface area contributed by atoms with E-state index in [-0.39, 0.29) is 5.91 Å². The van der Waals surface area contributed by atoms with Crippen molar-refractivity contribution in [1.29, 1.82) is 0 Å². The minimum Gasteiger partial charge on any atom is -0.494 e. The van der Waals surface area contributed by atoms with Gasteiger partial charge in [0, 0.05) is 57.9 Å². The van der Waals surface area contributed by atoms with Crippen LogP contribution in [0.5, 0.6) is 5.75 Å². The van der Waals surface area contributed by atoms with Gasteiger partial charge >= 0.3 is 0 Å². The van der Waals surface area contributed by atoms with Gasteiger partial charge in [-0.25, -0.2) is 9.67 Å². The Balaban J connectivity index is 1.74. The first-order chi connectivity index (χ1) is 19.1. The molecule has 2 aromatic carbocycles. The zero-order valence-corrected chi connectivity index (χ0v) is 24.2. The summed E-state index contributed by atoms with van der Waals surface area (Å²) in [6.07, 6.45) is 2.92. The van der Waals surface area contributed by atoms with E-state index < -0.39 is 0 Å². The summed E-state index contributed by atoms with van der Waals surface area (Å²) < 4.78 is 7.54. The second kappa shape index (κ2) is 12.0. The van der Waals surface area contributed by atoms with Crippen LogP contribution in [-0.2, 0) is 4.79 Å². The SMILES string of the molecule is C=CC(=O)Nc1cc(Nc2nccc(-n3nc(N(C)C)c4ccc(C)cc43)n2)c(OC)cc1N(C)CCN(C)C. The second-order valence-corrected chi connectivity index (χ2v) is 10.0. The molecule has 11 heteroatoms. The van der Waals surface area contributed by atoms with Gasteiger partial charge in [0.2, 0.25) is 11.9 Å². The third kappa shape index (κ3) is 6.15. The third-order valence-corrected chi connectivity index (χ3v) is 6.40. The Morgan fingerprint density at radius 3 is 2.52 bits per heavy atom. The number of likely N-dealkylation sites (N-methyl/N-ethyl adjacent to an activating group) is 2. The van der Waals surface area contributed by atoms with Crippen molar-refractivity contribution in [1.82, 2.24) is 24.6 Å². The van der Waals surface area contributed by atoms with E-state index in [0.717, 1.165) is 41.1 Å². The summed E-state index contributed by atoms with van der Waals surface area (Å²) in [5.74, 6) is 2.08. The highest BCUT2D eigenvalue weighted by molar-refractivity contribution is 6.02. The van der Waals surface area contributed by atoms with Gasteiger partial charge in [0.05, 0.1) is 29.7 Å². The maximum atomic E-state index is 12.3. The van der Waals surface area contributed by atoms with Gasteiger partial charge in [-0.3, -0.25) is 4.79 Å². The van der Waals surface area contributed by atoms with Crippen LogP contribution in [0, 0.1) is 6.92 Å².